The molecule has 2 rings (SSSR count). The number of likely N-dealkylation sites (N-methyl/N-ethyl adjacent to an activating group) is 1. The SMILES string of the molecule is COc1ccc(C)cc1C[NH+](C)CC(=O)NNC(=O)c1ccco1. The number of rotatable bonds is 6. The molecule has 2 aromatic rings. The second-order valence-electron chi connectivity index (χ2n) is 5.61. The lowest BCUT2D eigenvalue weighted by Crippen LogP contribution is -3.09. The van der Waals surface area contributed by atoms with Gasteiger partial charge in [-0.15, -0.1) is 0 Å². The standard InChI is InChI=1S/C17H21N3O4/c1-12-6-7-14(23-3)13(9-12)10-20(2)11-16(21)18-19-17(22)15-5-4-8-24-15/h4-9H,10-11H2,1-3H3,(H,18,21)(H,19,22)/p+1. The third kappa shape index (κ3) is 4.85. The first-order valence-corrected chi connectivity index (χ1v) is 7.57. The number of furan rings is 1. The molecule has 0 radical (unpaired) electrons. The van der Waals surface area contributed by atoms with Gasteiger partial charge in [0.25, 0.3) is 5.91 Å². The highest BCUT2D eigenvalue weighted by molar-refractivity contribution is 5.92. The summed E-state index contributed by atoms with van der Waals surface area (Å²) in [5.41, 5.74) is 6.86. The van der Waals surface area contributed by atoms with Crippen molar-refractivity contribution in [3.63, 3.8) is 0 Å². The van der Waals surface area contributed by atoms with Crippen molar-refractivity contribution in [2.24, 2.45) is 0 Å². The largest absolute Gasteiger partial charge is 0.496 e. The molecule has 0 saturated carbocycles. The number of methoxy groups -OCH3 is 1. The smallest absolute Gasteiger partial charge is 0.305 e. The summed E-state index contributed by atoms with van der Waals surface area (Å²) in [5, 5.41) is 0. The molecule has 0 bridgehead atoms. The van der Waals surface area contributed by atoms with Gasteiger partial charge in [0.05, 0.1) is 20.4 Å². The zero-order valence-corrected chi connectivity index (χ0v) is 14.0. The monoisotopic (exact) mass is 332 g/mol. The Balaban J connectivity index is 1.83. The zero-order chi connectivity index (χ0) is 17.5. The van der Waals surface area contributed by atoms with Crippen LogP contribution in [0.1, 0.15) is 21.7 Å². The topological polar surface area (TPSA) is 85.0 Å². The Morgan fingerprint density at radius 2 is 2.04 bits per heavy atom. The summed E-state index contributed by atoms with van der Waals surface area (Å²) in [6.07, 6.45) is 1.39. The number of ether oxygens (including phenoxy) is 1. The van der Waals surface area contributed by atoms with Gasteiger partial charge >= 0.3 is 5.91 Å². The van der Waals surface area contributed by atoms with Gasteiger partial charge in [-0.05, 0) is 31.2 Å². The Labute approximate surface area is 140 Å². The van der Waals surface area contributed by atoms with E-state index in [0.717, 1.165) is 21.8 Å². The van der Waals surface area contributed by atoms with E-state index < -0.39 is 5.91 Å². The van der Waals surface area contributed by atoms with E-state index in [1.54, 1.807) is 13.2 Å². The number of nitrogens with one attached hydrogen (secondary N) is 3. The molecule has 7 heteroatoms. The van der Waals surface area contributed by atoms with Gasteiger partial charge in [-0.2, -0.15) is 0 Å². The molecule has 3 N–H and O–H groups in total. The molecule has 1 atom stereocenters. The van der Waals surface area contributed by atoms with Crippen LogP contribution in [0.15, 0.2) is 41.0 Å². The second-order valence-corrected chi connectivity index (χ2v) is 5.61. The molecule has 1 aromatic heterocycles. The van der Waals surface area contributed by atoms with Crippen LogP contribution in [0.25, 0.3) is 0 Å². The molecule has 24 heavy (non-hydrogen) atoms. The fourth-order valence-corrected chi connectivity index (χ4v) is 2.35. The summed E-state index contributed by atoms with van der Waals surface area (Å²) in [6.45, 7) is 2.84. The summed E-state index contributed by atoms with van der Waals surface area (Å²) >= 11 is 0. The first-order chi connectivity index (χ1) is 11.5. The molecular weight excluding hydrogens is 310 g/mol. The molecule has 1 unspecified atom stereocenters. The van der Waals surface area contributed by atoms with Crippen molar-refractivity contribution in [3.05, 3.63) is 53.5 Å². The predicted molar refractivity (Wildman–Crippen MR) is 87.5 cm³/mol. The number of carbonyl (C=O) groups is 2. The van der Waals surface area contributed by atoms with Crippen molar-refractivity contribution < 1.29 is 23.6 Å². The van der Waals surface area contributed by atoms with E-state index in [2.05, 4.69) is 10.9 Å². The molecule has 0 saturated heterocycles. The van der Waals surface area contributed by atoms with Crippen molar-refractivity contribution in [3.8, 4) is 5.75 Å². The molecule has 0 spiro atoms. The van der Waals surface area contributed by atoms with Crippen LogP contribution in [-0.2, 0) is 11.3 Å². The lowest BCUT2D eigenvalue weighted by Gasteiger charge is -2.16. The lowest BCUT2D eigenvalue weighted by molar-refractivity contribution is -0.885. The highest BCUT2D eigenvalue weighted by Gasteiger charge is 2.15. The van der Waals surface area contributed by atoms with Crippen molar-refractivity contribution in [1.82, 2.24) is 10.9 Å². The highest BCUT2D eigenvalue weighted by Crippen LogP contribution is 2.18. The predicted octanol–water partition coefficient (Wildman–Crippen LogP) is 0.0725. The first-order valence-electron chi connectivity index (χ1n) is 7.57. The fraction of sp³-hybridized carbons (Fsp3) is 0.294. The van der Waals surface area contributed by atoms with Crippen LogP contribution in [0.5, 0.6) is 5.75 Å². The van der Waals surface area contributed by atoms with Crippen molar-refractivity contribution in [2.45, 2.75) is 13.5 Å². The van der Waals surface area contributed by atoms with Crippen LogP contribution in [0.2, 0.25) is 0 Å². The summed E-state index contributed by atoms with van der Waals surface area (Å²) in [6, 6.07) is 9.06. The maximum absolute atomic E-state index is 11.9. The average Bonchev–Trinajstić information content (AvgIpc) is 3.07. The minimum absolute atomic E-state index is 0.139. The van der Waals surface area contributed by atoms with E-state index in [1.807, 2.05) is 32.2 Å². The molecule has 0 aliphatic heterocycles. The minimum atomic E-state index is -0.494. The van der Waals surface area contributed by atoms with Crippen molar-refractivity contribution in [1.29, 1.82) is 0 Å². The van der Waals surface area contributed by atoms with Gasteiger partial charge in [0.15, 0.2) is 12.3 Å². The van der Waals surface area contributed by atoms with Crippen molar-refractivity contribution >= 4 is 11.8 Å². The molecule has 0 aliphatic carbocycles. The van der Waals surface area contributed by atoms with Crippen LogP contribution in [0, 0.1) is 6.92 Å². The number of benzene rings is 1. The van der Waals surface area contributed by atoms with E-state index in [-0.39, 0.29) is 18.2 Å². The zero-order valence-electron chi connectivity index (χ0n) is 14.0. The lowest BCUT2D eigenvalue weighted by atomic mass is 10.1. The van der Waals surface area contributed by atoms with E-state index >= 15 is 0 Å². The number of carbonyl (C=O) groups excluding carboxylic acids is 2. The normalized spacial score (nSPS) is 11.6. The van der Waals surface area contributed by atoms with Gasteiger partial charge in [-0.1, -0.05) is 11.6 Å². The molecule has 1 aromatic carbocycles. The number of hydrogen-bond acceptors (Lipinski definition) is 4. The number of aryl methyl sites for hydroxylation is 1. The van der Waals surface area contributed by atoms with Crippen LogP contribution in [0.4, 0.5) is 0 Å². The number of quaternary nitrogens is 1. The molecule has 0 fully saturated rings. The van der Waals surface area contributed by atoms with Gasteiger partial charge < -0.3 is 14.1 Å². The molecule has 0 aliphatic rings. The van der Waals surface area contributed by atoms with Crippen LogP contribution < -0.4 is 20.5 Å². The molecular formula is C17H22N3O4+. The van der Waals surface area contributed by atoms with Crippen LogP contribution in [-0.4, -0.2) is 32.5 Å². The summed E-state index contributed by atoms with van der Waals surface area (Å²) < 4.78 is 10.3. The van der Waals surface area contributed by atoms with E-state index in [0.29, 0.717) is 6.54 Å². The van der Waals surface area contributed by atoms with Crippen LogP contribution >= 0.6 is 0 Å². The van der Waals surface area contributed by atoms with Crippen LogP contribution in [0.3, 0.4) is 0 Å². The van der Waals surface area contributed by atoms with Crippen molar-refractivity contribution in [2.75, 3.05) is 20.7 Å². The van der Waals surface area contributed by atoms with E-state index in [1.165, 1.54) is 12.3 Å². The van der Waals surface area contributed by atoms with Gasteiger partial charge in [-0.25, -0.2) is 0 Å². The van der Waals surface area contributed by atoms with Gasteiger partial charge in [0.2, 0.25) is 0 Å². The molecule has 2 amide bonds. The quantitative estimate of drug-likeness (QED) is 0.654. The minimum Gasteiger partial charge on any atom is -0.496 e. The van der Waals surface area contributed by atoms with E-state index in [4.69, 9.17) is 9.15 Å². The summed E-state index contributed by atoms with van der Waals surface area (Å²) in [5.74, 6) is 0.150. The molecule has 1 heterocycles. The molecule has 128 valence electrons. The van der Waals surface area contributed by atoms with Gasteiger partial charge in [0.1, 0.15) is 12.3 Å². The summed E-state index contributed by atoms with van der Waals surface area (Å²) in [7, 11) is 3.52. The maximum atomic E-state index is 11.9. The van der Waals surface area contributed by atoms with E-state index in [9.17, 15) is 9.59 Å². The van der Waals surface area contributed by atoms with Gasteiger partial charge in [0, 0.05) is 5.56 Å². The fourth-order valence-electron chi connectivity index (χ4n) is 2.35. The summed E-state index contributed by atoms with van der Waals surface area (Å²) in [4.78, 5) is 24.6. The second kappa shape index (κ2) is 8.16. The Kier molecular flexibility index (Phi) is 5.97. The highest BCUT2D eigenvalue weighted by atomic mass is 16.5. The average molecular weight is 332 g/mol. The number of amides is 2. The Hall–Kier alpha value is -2.80. The molecule has 7 nitrogen and oxygen atoms in total. The van der Waals surface area contributed by atoms with Gasteiger partial charge in [-0.3, -0.25) is 20.4 Å². The Bertz CT molecular complexity index is 698. The third-order valence-corrected chi connectivity index (χ3v) is 3.45. The Morgan fingerprint density at radius 1 is 1.25 bits per heavy atom. The number of hydrogen-bond donors (Lipinski definition) is 3. The first kappa shape index (κ1) is 17.6. The third-order valence-electron chi connectivity index (χ3n) is 3.45. The Morgan fingerprint density at radius 3 is 2.71 bits per heavy atom. The number of hydrazine groups is 1. The maximum Gasteiger partial charge on any atom is 0.305 e.